The van der Waals surface area contributed by atoms with Gasteiger partial charge in [-0.25, -0.2) is 19.6 Å². The Balaban J connectivity index is 1.15. The minimum Gasteiger partial charge on any atom is -0.453 e. The molecule has 4 N–H and O–H groups in total. The highest BCUT2D eigenvalue weighted by atomic mass is 32.2. The van der Waals surface area contributed by atoms with Crippen molar-refractivity contribution in [2.24, 2.45) is 11.8 Å². The molecule has 2 saturated heterocycles. The number of carbonyl (C=O) groups is 4. The van der Waals surface area contributed by atoms with Gasteiger partial charge in [-0.2, -0.15) is 11.8 Å². The maximum Gasteiger partial charge on any atom is 0.407 e. The van der Waals surface area contributed by atoms with Crippen molar-refractivity contribution >= 4 is 46.6 Å². The van der Waals surface area contributed by atoms with Crippen molar-refractivity contribution in [1.82, 2.24) is 40.4 Å². The molecule has 7 atom stereocenters. The molecule has 6 rings (SSSR count). The number of carbonyl (C=O) groups excluding carboxylic acids is 4. The molecule has 0 spiro atoms. The highest BCUT2D eigenvalue weighted by Crippen LogP contribution is 2.38. The van der Waals surface area contributed by atoms with Gasteiger partial charge in [0.1, 0.15) is 23.7 Å². The van der Waals surface area contributed by atoms with Crippen LogP contribution in [0.15, 0.2) is 60.9 Å². The molecule has 4 heterocycles. The lowest BCUT2D eigenvalue weighted by Gasteiger charge is -2.30. The van der Waals surface area contributed by atoms with Gasteiger partial charge in [0, 0.05) is 35.4 Å². The molecule has 2 aliphatic heterocycles. The van der Waals surface area contributed by atoms with Crippen LogP contribution in [0.4, 0.5) is 9.59 Å². The molecule has 1 unspecified atom stereocenters. The third-order valence-electron chi connectivity index (χ3n) is 11.2. The number of ether oxygens (including phenoxy) is 2. The van der Waals surface area contributed by atoms with Crippen molar-refractivity contribution < 1.29 is 32.9 Å². The maximum atomic E-state index is 13.8. The summed E-state index contributed by atoms with van der Waals surface area (Å²) < 4.78 is 22.1. The third-order valence-corrected chi connectivity index (χ3v) is 13.5. The molecule has 2 aliphatic rings. The quantitative estimate of drug-likeness (QED) is 0.126. The molecule has 2 aromatic heterocycles. The monoisotopic (exact) mass is 846 g/mol. The number of benzene rings is 2. The number of aromatic amines is 2. The van der Waals surface area contributed by atoms with Crippen LogP contribution in [-0.4, -0.2) is 120 Å². The molecule has 0 aliphatic carbocycles. The fraction of sp³-hybridized carbons (Fsp3) is 0.476. The SMILES string of the molecule is COC(=O)N[C@H](C(=O)N1C[C@@H](SC)C[C@H]1c1ncc(-c2ccc(-c3ccc(-c4cnc([C@@H]5C[C@H](S(C)=O)CN5C(=O)[C@@H](NC(=O)OC)C(C)C)[nH]4)cc3)cc2)[nH]1)C(C)C. The van der Waals surface area contributed by atoms with E-state index in [1.54, 1.807) is 35.3 Å². The average molecular weight is 847 g/mol. The van der Waals surface area contributed by atoms with E-state index in [4.69, 9.17) is 14.5 Å². The number of aromatic nitrogens is 4. The molecule has 17 heteroatoms. The number of methoxy groups -OCH3 is 2. The van der Waals surface area contributed by atoms with E-state index in [1.807, 2.05) is 75.2 Å². The number of hydrogen-bond donors (Lipinski definition) is 4. The Morgan fingerprint density at radius 1 is 0.712 bits per heavy atom. The highest BCUT2D eigenvalue weighted by molar-refractivity contribution is 7.99. The van der Waals surface area contributed by atoms with Gasteiger partial charge in [0.05, 0.1) is 55.3 Å². The first-order valence-corrected chi connectivity index (χ1v) is 22.6. The van der Waals surface area contributed by atoms with E-state index in [1.165, 1.54) is 14.2 Å². The number of likely N-dealkylation sites (tertiary alicyclic amines) is 2. The van der Waals surface area contributed by atoms with Gasteiger partial charge in [-0.3, -0.25) is 13.8 Å². The maximum absolute atomic E-state index is 13.8. The van der Waals surface area contributed by atoms with Gasteiger partial charge in [0.15, 0.2) is 0 Å². The minimum atomic E-state index is -1.16. The van der Waals surface area contributed by atoms with Gasteiger partial charge >= 0.3 is 12.2 Å². The molecule has 4 aromatic rings. The number of imidazole rings is 2. The van der Waals surface area contributed by atoms with Crippen LogP contribution in [0.3, 0.4) is 0 Å². The van der Waals surface area contributed by atoms with E-state index < -0.39 is 41.1 Å². The van der Waals surface area contributed by atoms with Crippen molar-refractivity contribution in [2.45, 2.75) is 75.2 Å². The zero-order valence-electron chi connectivity index (χ0n) is 34.7. The predicted octanol–water partition coefficient (Wildman–Crippen LogP) is 5.92. The fourth-order valence-electron chi connectivity index (χ4n) is 7.76. The van der Waals surface area contributed by atoms with E-state index in [0.29, 0.717) is 31.2 Å². The van der Waals surface area contributed by atoms with Crippen molar-refractivity contribution in [3.8, 4) is 33.6 Å². The van der Waals surface area contributed by atoms with Crippen LogP contribution in [0.2, 0.25) is 0 Å². The van der Waals surface area contributed by atoms with Gasteiger partial charge in [-0.05, 0) is 53.2 Å². The summed E-state index contributed by atoms with van der Waals surface area (Å²) in [6, 6.07) is 14.1. The van der Waals surface area contributed by atoms with E-state index in [2.05, 4.69) is 37.7 Å². The summed E-state index contributed by atoms with van der Waals surface area (Å²) in [5, 5.41) is 5.38. The molecule has 2 fully saturated rings. The lowest BCUT2D eigenvalue weighted by Crippen LogP contribution is -2.51. The Labute approximate surface area is 351 Å². The summed E-state index contributed by atoms with van der Waals surface area (Å²) >= 11 is 1.72. The zero-order chi connectivity index (χ0) is 42.5. The molecule has 15 nitrogen and oxygen atoms in total. The standard InChI is InChI=1S/C42H54N8O7S2/c1-23(2)35(47-41(53)56-5)39(51)49-21-29(58-7)17-33(49)37-43-19-31(45-37)27-13-9-25(10-14-27)26-11-15-28(16-12-26)32-20-44-38(46-32)34-18-30(59(8)55)22-50(34)40(52)36(24(3)4)48-42(54)57-6/h9-16,19-20,23-24,29-30,33-36H,17-18,21-22H2,1-8H3,(H,43,45)(H,44,46)(H,47,53)(H,48,54)/t29-,30-,33-,34-,35-,36-,59?/m0/s1. The Bertz CT molecular complexity index is 2140. The molecular formula is C42H54N8O7S2. The second kappa shape index (κ2) is 18.8. The summed E-state index contributed by atoms with van der Waals surface area (Å²) in [5.41, 5.74) is 5.53. The first kappa shape index (κ1) is 43.4. The smallest absolute Gasteiger partial charge is 0.407 e. The molecular weight excluding hydrogens is 793 g/mol. The number of hydrogen-bond acceptors (Lipinski definition) is 10. The lowest BCUT2D eigenvalue weighted by atomic mass is 10.0. The Morgan fingerprint density at radius 2 is 1.12 bits per heavy atom. The second-order valence-electron chi connectivity index (χ2n) is 15.7. The van der Waals surface area contributed by atoms with E-state index in [0.717, 1.165) is 40.1 Å². The summed E-state index contributed by atoms with van der Waals surface area (Å²) in [5.74, 6) is 0.540. The van der Waals surface area contributed by atoms with Crippen molar-refractivity contribution in [3.05, 3.63) is 72.6 Å². The predicted molar refractivity (Wildman–Crippen MR) is 229 cm³/mol. The zero-order valence-corrected chi connectivity index (χ0v) is 36.3. The summed E-state index contributed by atoms with van der Waals surface area (Å²) in [4.78, 5) is 71.5. The summed E-state index contributed by atoms with van der Waals surface area (Å²) in [6.07, 6.45) is 7.12. The molecule has 0 bridgehead atoms. The van der Waals surface area contributed by atoms with Gasteiger partial charge < -0.3 is 39.9 Å². The Hall–Kier alpha value is -5.16. The second-order valence-corrected chi connectivity index (χ2v) is 18.5. The van der Waals surface area contributed by atoms with Gasteiger partial charge in [-0.1, -0.05) is 76.2 Å². The Morgan fingerprint density at radius 3 is 1.51 bits per heavy atom. The number of H-pyrrole nitrogens is 2. The van der Waals surface area contributed by atoms with Crippen molar-refractivity contribution in [3.63, 3.8) is 0 Å². The summed E-state index contributed by atoms with van der Waals surface area (Å²) in [7, 11) is 1.38. The van der Waals surface area contributed by atoms with Crippen LogP contribution in [-0.2, 0) is 29.9 Å². The molecule has 0 radical (unpaired) electrons. The van der Waals surface area contributed by atoms with Crippen LogP contribution in [0.1, 0.15) is 64.3 Å². The van der Waals surface area contributed by atoms with E-state index >= 15 is 0 Å². The van der Waals surface area contributed by atoms with Crippen LogP contribution in [0, 0.1) is 11.8 Å². The summed E-state index contributed by atoms with van der Waals surface area (Å²) in [6.45, 7) is 8.35. The molecule has 0 saturated carbocycles. The van der Waals surface area contributed by atoms with E-state index in [-0.39, 0.29) is 40.2 Å². The minimum absolute atomic E-state index is 0.131. The first-order valence-electron chi connectivity index (χ1n) is 19.7. The lowest BCUT2D eigenvalue weighted by molar-refractivity contribution is -0.136. The van der Waals surface area contributed by atoms with Crippen molar-refractivity contribution in [1.29, 1.82) is 0 Å². The number of nitrogens with zero attached hydrogens (tertiary/aromatic N) is 4. The number of alkyl carbamates (subject to hydrolysis) is 2. The first-order chi connectivity index (χ1) is 28.2. The molecule has 316 valence electrons. The van der Waals surface area contributed by atoms with Crippen LogP contribution in [0.5, 0.6) is 0 Å². The number of rotatable bonds is 13. The Kier molecular flexibility index (Phi) is 13.9. The normalized spacial score (nSPS) is 20.7. The number of thioether (sulfide) groups is 1. The average Bonchev–Trinajstić information content (AvgIpc) is 4.07. The highest BCUT2D eigenvalue weighted by Gasteiger charge is 2.43. The largest absolute Gasteiger partial charge is 0.453 e. The van der Waals surface area contributed by atoms with E-state index in [9.17, 15) is 23.4 Å². The molecule has 59 heavy (non-hydrogen) atoms. The number of nitrogens with one attached hydrogen (secondary N) is 4. The fourth-order valence-corrected chi connectivity index (χ4v) is 9.27. The van der Waals surface area contributed by atoms with Crippen LogP contribution >= 0.6 is 11.8 Å². The number of amides is 4. The van der Waals surface area contributed by atoms with Gasteiger partial charge in [0.2, 0.25) is 11.8 Å². The molecule has 4 amide bonds. The van der Waals surface area contributed by atoms with Crippen molar-refractivity contribution in [2.75, 3.05) is 39.8 Å². The van der Waals surface area contributed by atoms with Crippen LogP contribution in [0.25, 0.3) is 33.6 Å². The van der Waals surface area contributed by atoms with Gasteiger partial charge in [-0.15, -0.1) is 0 Å². The topological polar surface area (TPSA) is 192 Å². The van der Waals surface area contributed by atoms with Crippen LogP contribution < -0.4 is 10.6 Å². The third kappa shape index (κ3) is 9.67. The van der Waals surface area contributed by atoms with Gasteiger partial charge in [0.25, 0.3) is 0 Å². The molecule has 2 aromatic carbocycles.